The molecule has 0 saturated heterocycles. The van der Waals surface area contributed by atoms with Gasteiger partial charge in [-0.1, -0.05) is 18.2 Å². The molecule has 0 radical (unpaired) electrons. The number of guanidine groups is 1. The molecule has 0 spiro atoms. The number of nitrogens with one attached hydrogen (secondary N) is 3. The molecule has 128 valence electrons. The Kier molecular flexibility index (Phi) is 6.81. The van der Waals surface area contributed by atoms with Crippen molar-refractivity contribution in [3.63, 3.8) is 0 Å². The maximum atomic E-state index is 12.0. The van der Waals surface area contributed by atoms with E-state index in [9.17, 15) is 4.79 Å². The van der Waals surface area contributed by atoms with E-state index in [-0.39, 0.29) is 18.5 Å². The van der Waals surface area contributed by atoms with E-state index in [4.69, 9.17) is 0 Å². The van der Waals surface area contributed by atoms with Gasteiger partial charge in [0.25, 0.3) is 0 Å². The van der Waals surface area contributed by atoms with Gasteiger partial charge in [0, 0.05) is 35.0 Å². The van der Waals surface area contributed by atoms with Crippen molar-refractivity contribution in [1.29, 1.82) is 0 Å². The Balaban J connectivity index is 1.76. The maximum absolute atomic E-state index is 12.0. The summed E-state index contributed by atoms with van der Waals surface area (Å²) in [5.41, 5.74) is 0.786. The Morgan fingerprint density at radius 2 is 1.96 bits per heavy atom. The van der Waals surface area contributed by atoms with Gasteiger partial charge in [0.05, 0.1) is 6.54 Å². The first-order valence-electron chi connectivity index (χ1n) is 7.94. The zero-order valence-electron chi connectivity index (χ0n) is 14.3. The lowest BCUT2D eigenvalue weighted by atomic mass is 10.2. The number of para-hydroxylation sites is 1. The Hall–Kier alpha value is -2.34. The standard InChI is InChI=1S/C18H24N4OS/c1-13(11-16-10-9-14(2)24-16)21-18(19-3)20-12-17(23)22-15-7-5-4-6-8-15/h4-10,13H,11-12H2,1-3H3,(H,22,23)(H2,19,20,21). The Morgan fingerprint density at radius 3 is 2.58 bits per heavy atom. The zero-order valence-corrected chi connectivity index (χ0v) is 15.1. The van der Waals surface area contributed by atoms with Gasteiger partial charge in [-0.2, -0.15) is 0 Å². The van der Waals surface area contributed by atoms with Crippen LogP contribution in [-0.2, 0) is 11.2 Å². The number of aryl methyl sites for hydroxylation is 1. The normalized spacial score (nSPS) is 12.5. The van der Waals surface area contributed by atoms with Crippen LogP contribution in [0.25, 0.3) is 0 Å². The van der Waals surface area contributed by atoms with Crippen LogP contribution < -0.4 is 16.0 Å². The van der Waals surface area contributed by atoms with E-state index < -0.39 is 0 Å². The van der Waals surface area contributed by atoms with Crippen LogP contribution in [0.15, 0.2) is 47.5 Å². The van der Waals surface area contributed by atoms with Crippen molar-refractivity contribution in [3.8, 4) is 0 Å². The number of thiophene rings is 1. The van der Waals surface area contributed by atoms with E-state index in [0.717, 1.165) is 12.1 Å². The predicted octanol–water partition coefficient (Wildman–Crippen LogP) is 2.79. The molecule has 0 aliphatic heterocycles. The highest BCUT2D eigenvalue weighted by Gasteiger charge is 2.09. The first-order chi connectivity index (χ1) is 11.6. The number of benzene rings is 1. The van der Waals surface area contributed by atoms with Crippen LogP contribution in [0.5, 0.6) is 0 Å². The van der Waals surface area contributed by atoms with Crippen LogP contribution >= 0.6 is 11.3 Å². The van der Waals surface area contributed by atoms with E-state index >= 15 is 0 Å². The van der Waals surface area contributed by atoms with Crippen molar-refractivity contribution in [2.75, 3.05) is 18.9 Å². The van der Waals surface area contributed by atoms with Crippen molar-refractivity contribution in [2.45, 2.75) is 26.3 Å². The topological polar surface area (TPSA) is 65.5 Å². The number of carbonyl (C=O) groups is 1. The molecule has 0 bridgehead atoms. The highest BCUT2D eigenvalue weighted by molar-refractivity contribution is 7.11. The first-order valence-corrected chi connectivity index (χ1v) is 8.76. The second-order valence-corrected chi connectivity index (χ2v) is 6.97. The van der Waals surface area contributed by atoms with Gasteiger partial charge in [0.2, 0.25) is 5.91 Å². The molecule has 6 heteroatoms. The molecule has 24 heavy (non-hydrogen) atoms. The SMILES string of the molecule is CN=C(NCC(=O)Nc1ccccc1)NC(C)Cc1ccc(C)s1. The number of hydrogen-bond donors (Lipinski definition) is 3. The van der Waals surface area contributed by atoms with E-state index in [1.807, 2.05) is 30.3 Å². The molecule has 0 aliphatic carbocycles. The fraction of sp³-hybridized carbons (Fsp3) is 0.333. The molecular formula is C18H24N4OS. The highest BCUT2D eigenvalue weighted by Crippen LogP contribution is 2.16. The van der Waals surface area contributed by atoms with Crippen molar-refractivity contribution in [3.05, 3.63) is 52.2 Å². The molecule has 0 aliphatic rings. The monoisotopic (exact) mass is 344 g/mol. The molecular weight excluding hydrogens is 320 g/mol. The Morgan fingerprint density at radius 1 is 1.21 bits per heavy atom. The molecule has 2 rings (SSSR count). The number of anilines is 1. The van der Waals surface area contributed by atoms with Crippen LogP contribution in [0, 0.1) is 6.92 Å². The quantitative estimate of drug-likeness (QED) is 0.558. The van der Waals surface area contributed by atoms with Crippen molar-refractivity contribution in [2.24, 2.45) is 4.99 Å². The highest BCUT2D eigenvalue weighted by atomic mass is 32.1. The van der Waals surface area contributed by atoms with Crippen LogP contribution in [-0.4, -0.2) is 31.5 Å². The summed E-state index contributed by atoms with van der Waals surface area (Å²) in [5, 5.41) is 9.19. The third-order valence-electron chi connectivity index (χ3n) is 3.38. The summed E-state index contributed by atoms with van der Waals surface area (Å²) in [5.74, 6) is 0.518. The van der Waals surface area contributed by atoms with Crippen LogP contribution in [0.2, 0.25) is 0 Å². The van der Waals surface area contributed by atoms with E-state index in [1.54, 1.807) is 18.4 Å². The predicted molar refractivity (Wildman–Crippen MR) is 102 cm³/mol. The molecule has 0 saturated carbocycles. The Labute approximate surface area is 147 Å². The largest absolute Gasteiger partial charge is 0.354 e. The third kappa shape index (κ3) is 6.04. The number of carbonyl (C=O) groups excluding carboxylic acids is 1. The lowest BCUT2D eigenvalue weighted by Crippen LogP contribution is -2.45. The summed E-state index contributed by atoms with van der Waals surface area (Å²) < 4.78 is 0. The summed E-state index contributed by atoms with van der Waals surface area (Å²) in [6.07, 6.45) is 0.926. The lowest BCUT2D eigenvalue weighted by molar-refractivity contribution is -0.115. The van der Waals surface area contributed by atoms with Crippen molar-refractivity contribution in [1.82, 2.24) is 10.6 Å². The minimum Gasteiger partial charge on any atom is -0.354 e. The summed E-state index contributed by atoms with van der Waals surface area (Å²) >= 11 is 1.81. The van der Waals surface area contributed by atoms with Gasteiger partial charge in [-0.05, 0) is 38.1 Å². The number of amides is 1. The number of aliphatic imine (C=N–C) groups is 1. The third-order valence-corrected chi connectivity index (χ3v) is 4.41. The smallest absolute Gasteiger partial charge is 0.243 e. The molecule has 1 aromatic carbocycles. The zero-order chi connectivity index (χ0) is 17.4. The molecule has 2 aromatic rings. The first kappa shape index (κ1) is 18.0. The number of rotatable bonds is 6. The molecule has 1 atom stereocenters. The summed E-state index contributed by atoms with van der Waals surface area (Å²) in [6.45, 7) is 4.38. The van der Waals surface area contributed by atoms with Gasteiger partial charge in [0.1, 0.15) is 0 Å². The molecule has 1 unspecified atom stereocenters. The summed E-state index contributed by atoms with van der Waals surface area (Å²) in [7, 11) is 1.70. The van der Waals surface area contributed by atoms with Gasteiger partial charge in [-0.3, -0.25) is 9.79 Å². The van der Waals surface area contributed by atoms with Gasteiger partial charge in [0.15, 0.2) is 5.96 Å². The van der Waals surface area contributed by atoms with Crippen molar-refractivity contribution < 1.29 is 4.79 Å². The fourth-order valence-corrected chi connectivity index (χ4v) is 3.29. The molecule has 1 heterocycles. The maximum Gasteiger partial charge on any atom is 0.243 e. The Bertz CT molecular complexity index is 681. The molecule has 0 fully saturated rings. The van der Waals surface area contributed by atoms with Gasteiger partial charge < -0.3 is 16.0 Å². The molecule has 1 aromatic heterocycles. The van der Waals surface area contributed by atoms with Gasteiger partial charge in [-0.25, -0.2) is 0 Å². The van der Waals surface area contributed by atoms with Gasteiger partial charge in [-0.15, -0.1) is 11.3 Å². The average Bonchev–Trinajstić information content (AvgIpc) is 2.97. The number of hydrogen-bond acceptors (Lipinski definition) is 3. The second kappa shape index (κ2) is 9.08. The summed E-state index contributed by atoms with van der Waals surface area (Å²) in [6, 6.07) is 13.9. The number of nitrogens with zero attached hydrogens (tertiary/aromatic N) is 1. The molecule has 1 amide bonds. The van der Waals surface area contributed by atoms with Crippen LogP contribution in [0.3, 0.4) is 0 Å². The summed E-state index contributed by atoms with van der Waals surface area (Å²) in [4.78, 5) is 18.8. The molecule has 5 nitrogen and oxygen atoms in total. The minimum atomic E-state index is -0.106. The average molecular weight is 344 g/mol. The van der Waals surface area contributed by atoms with Crippen LogP contribution in [0.4, 0.5) is 5.69 Å². The van der Waals surface area contributed by atoms with Crippen molar-refractivity contribution >= 4 is 28.9 Å². The van der Waals surface area contributed by atoms with E-state index in [1.165, 1.54) is 9.75 Å². The minimum absolute atomic E-state index is 0.106. The fourth-order valence-electron chi connectivity index (χ4n) is 2.27. The lowest BCUT2D eigenvalue weighted by Gasteiger charge is -2.17. The second-order valence-electron chi connectivity index (χ2n) is 5.60. The van der Waals surface area contributed by atoms with Gasteiger partial charge >= 0.3 is 0 Å². The van der Waals surface area contributed by atoms with Crippen LogP contribution in [0.1, 0.15) is 16.7 Å². The van der Waals surface area contributed by atoms with E-state index in [2.05, 4.69) is 46.9 Å². The van der Waals surface area contributed by atoms with E-state index in [0.29, 0.717) is 5.96 Å². The molecule has 3 N–H and O–H groups in total.